The van der Waals surface area contributed by atoms with Crippen molar-refractivity contribution in [1.82, 2.24) is 4.98 Å². The molecule has 6 heteroatoms. The van der Waals surface area contributed by atoms with E-state index >= 15 is 0 Å². The summed E-state index contributed by atoms with van der Waals surface area (Å²) in [5.41, 5.74) is 1.26. The SMILES string of the molecule is O=c1nc(N2CCOCC2)oc2cc(OCc3ccccc3)ccc12. The molecule has 0 spiro atoms. The van der Waals surface area contributed by atoms with Crippen LogP contribution in [0.1, 0.15) is 5.56 Å². The van der Waals surface area contributed by atoms with Crippen LogP contribution in [-0.4, -0.2) is 31.3 Å². The quantitative estimate of drug-likeness (QED) is 0.729. The molecule has 2 aromatic carbocycles. The minimum Gasteiger partial charge on any atom is -0.489 e. The lowest BCUT2D eigenvalue weighted by molar-refractivity contribution is 0.120. The van der Waals surface area contributed by atoms with Crippen LogP contribution in [0.5, 0.6) is 5.75 Å². The molecule has 0 amide bonds. The Morgan fingerprint density at radius 2 is 1.88 bits per heavy atom. The number of ether oxygens (including phenoxy) is 2. The van der Waals surface area contributed by atoms with Crippen molar-refractivity contribution >= 4 is 17.0 Å². The Kier molecular flexibility index (Phi) is 4.35. The number of aromatic nitrogens is 1. The maximum Gasteiger partial charge on any atom is 0.301 e. The fraction of sp³-hybridized carbons (Fsp3) is 0.263. The first-order chi connectivity index (χ1) is 12.3. The number of hydrogen-bond acceptors (Lipinski definition) is 6. The molecule has 1 fully saturated rings. The van der Waals surface area contributed by atoms with Gasteiger partial charge in [0.05, 0.1) is 18.6 Å². The van der Waals surface area contributed by atoms with Gasteiger partial charge in [-0.1, -0.05) is 30.3 Å². The standard InChI is InChI=1S/C19H18N2O4/c22-18-16-7-6-15(24-13-14-4-2-1-3-5-14)12-17(16)25-19(20-18)21-8-10-23-11-9-21/h1-7,12H,8-11,13H2. The van der Waals surface area contributed by atoms with E-state index in [0.717, 1.165) is 5.56 Å². The molecule has 1 aromatic heterocycles. The van der Waals surface area contributed by atoms with Gasteiger partial charge in [-0.25, -0.2) is 0 Å². The third-order valence-electron chi connectivity index (χ3n) is 4.11. The first-order valence-corrected chi connectivity index (χ1v) is 8.24. The number of nitrogens with zero attached hydrogens (tertiary/aromatic N) is 2. The molecule has 3 aromatic rings. The summed E-state index contributed by atoms with van der Waals surface area (Å²) in [7, 11) is 0. The second-order valence-electron chi connectivity index (χ2n) is 5.83. The third-order valence-corrected chi connectivity index (χ3v) is 4.11. The van der Waals surface area contributed by atoms with Gasteiger partial charge in [0.25, 0.3) is 5.56 Å². The van der Waals surface area contributed by atoms with Gasteiger partial charge in [0.1, 0.15) is 17.9 Å². The summed E-state index contributed by atoms with van der Waals surface area (Å²) >= 11 is 0. The molecule has 0 unspecified atom stereocenters. The molecule has 0 saturated carbocycles. The van der Waals surface area contributed by atoms with Gasteiger partial charge in [-0.15, -0.1) is 0 Å². The normalized spacial score (nSPS) is 14.6. The van der Waals surface area contributed by atoms with Crippen LogP contribution in [0, 0.1) is 0 Å². The lowest BCUT2D eigenvalue weighted by atomic mass is 10.2. The highest BCUT2D eigenvalue weighted by Gasteiger charge is 2.17. The van der Waals surface area contributed by atoms with E-state index in [1.165, 1.54) is 0 Å². The van der Waals surface area contributed by atoms with Crippen LogP contribution in [0.15, 0.2) is 57.7 Å². The summed E-state index contributed by atoms with van der Waals surface area (Å²) in [5.74, 6) is 0.652. The highest BCUT2D eigenvalue weighted by Crippen LogP contribution is 2.23. The largest absolute Gasteiger partial charge is 0.489 e. The number of hydrogen-bond donors (Lipinski definition) is 0. The average Bonchev–Trinajstić information content (AvgIpc) is 2.67. The van der Waals surface area contributed by atoms with Crippen LogP contribution in [0.3, 0.4) is 0 Å². The summed E-state index contributed by atoms with van der Waals surface area (Å²) in [5, 5.41) is 0.448. The van der Waals surface area contributed by atoms with Crippen molar-refractivity contribution in [2.45, 2.75) is 6.61 Å². The van der Waals surface area contributed by atoms with Gasteiger partial charge in [-0.2, -0.15) is 4.98 Å². The summed E-state index contributed by atoms with van der Waals surface area (Å²) in [6, 6.07) is 15.4. The zero-order valence-corrected chi connectivity index (χ0v) is 13.7. The molecule has 0 atom stereocenters. The van der Waals surface area contributed by atoms with Crippen LogP contribution in [0.25, 0.3) is 11.0 Å². The predicted molar refractivity (Wildman–Crippen MR) is 94.1 cm³/mol. The molecule has 25 heavy (non-hydrogen) atoms. The molecular weight excluding hydrogens is 320 g/mol. The minimum absolute atomic E-state index is 0.294. The number of fused-ring (bicyclic) bond motifs is 1. The number of rotatable bonds is 4. The molecule has 1 aliphatic heterocycles. The first-order valence-electron chi connectivity index (χ1n) is 8.24. The average molecular weight is 338 g/mol. The molecule has 0 aliphatic carbocycles. The molecule has 4 rings (SSSR count). The second kappa shape index (κ2) is 6.94. The van der Waals surface area contributed by atoms with E-state index in [0.29, 0.717) is 55.6 Å². The van der Waals surface area contributed by atoms with E-state index < -0.39 is 0 Å². The van der Waals surface area contributed by atoms with Crippen LogP contribution < -0.4 is 15.2 Å². The topological polar surface area (TPSA) is 64.8 Å². The zero-order valence-electron chi connectivity index (χ0n) is 13.7. The highest BCUT2D eigenvalue weighted by molar-refractivity contribution is 5.77. The Labute approximate surface area is 144 Å². The highest BCUT2D eigenvalue weighted by atomic mass is 16.5. The van der Waals surface area contributed by atoms with Crippen LogP contribution in [-0.2, 0) is 11.3 Å². The molecular formula is C19H18N2O4. The Morgan fingerprint density at radius 1 is 1.08 bits per heavy atom. The van der Waals surface area contributed by atoms with Crippen molar-refractivity contribution in [2.24, 2.45) is 0 Å². The molecule has 1 aliphatic rings. The van der Waals surface area contributed by atoms with E-state index in [1.807, 2.05) is 35.2 Å². The van der Waals surface area contributed by atoms with Crippen molar-refractivity contribution in [3.8, 4) is 5.75 Å². The van der Waals surface area contributed by atoms with Gasteiger partial charge in [-0.3, -0.25) is 4.79 Å². The van der Waals surface area contributed by atoms with Gasteiger partial charge in [0.2, 0.25) is 0 Å². The van der Waals surface area contributed by atoms with E-state index in [1.54, 1.807) is 18.2 Å². The van der Waals surface area contributed by atoms with Gasteiger partial charge in [-0.05, 0) is 17.7 Å². The molecule has 1 saturated heterocycles. The molecule has 0 N–H and O–H groups in total. The Morgan fingerprint density at radius 3 is 2.68 bits per heavy atom. The maximum absolute atomic E-state index is 12.3. The minimum atomic E-state index is -0.294. The van der Waals surface area contributed by atoms with Gasteiger partial charge >= 0.3 is 6.01 Å². The predicted octanol–water partition coefficient (Wildman–Crippen LogP) is 2.60. The number of anilines is 1. The first kappa shape index (κ1) is 15.7. The van der Waals surface area contributed by atoms with Crippen LogP contribution >= 0.6 is 0 Å². The third kappa shape index (κ3) is 3.49. The fourth-order valence-electron chi connectivity index (χ4n) is 2.75. The summed E-state index contributed by atoms with van der Waals surface area (Å²) < 4.78 is 17.0. The smallest absolute Gasteiger partial charge is 0.301 e. The molecule has 0 bridgehead atoms. The zero-order chi connectivity index (χ0) is 17.1. The number of benzene rings is 2. The maximum atomic E-state index is 12.3. The van der Waals surface area contributed by atoms with Crippen molar-refractivity contribution in [1.29, 1.82) is 0 Å². The van der Waals surface area contributed by atoms with E-state index in [9.17, 15) is 4.79 Å². The van der Waals surface area contributed by atoms with Crippen LogP contribution in [0.4, 0.5) is 6.01 Å². The Hall–Kier alpha value is -2.86. The summed E-state index contributed by atoms with van der Waals surface area (Å²) in [6.07, 6.45) is 0. The van der Waals surface area contributed by atoms with E-state index in [-0.39, 0.29) is 5.56 Å². The molecule has 0 radical (unpaired) electrons. The van der Waals surface area contributed by atoms with E-state index in [2.05, 4.69) is 4.98 Å². The van der Waals surface area contributed by atoms with Crippen molar-refractivity contribution in [3.05, 3.63) is 64.4 Å². The van der Waals surface area contributed by atoms with Crippen LogP contribution in [0.2, 0.25) is 0 Å². The van der Waals surface area contributed by atoms with Crippen molar-refractivity contribution < 1.29 is 13.9 Å². The molecule has 2 heterocycles. The number of morpholine rings is 1. The lowest BCUT2D eigenvalue weighted by Gasteiger charge is -2.25. The van der Waals surface area contributed by atoms with E-state index in [4.69, 9.17) is 13.9 Å². The van der Waals surface area contributed by atoms with Crippen molar-refractivity contribution in [3.63, 3.8) is 0 Å². The second-order valence-corrected chi connectivity index (χ2v) is 5.83. The van der Waals surface area contributed by atoms with Gasteiger partial charge in [0.15, 0.2) is 0 Å². The monoisotopic (exact) mass is 338 g/mol. The lowest BCUT2D eigenvalue weighted by Crippen LogP contribution is -2.37. The molecule has 6 nitrogen and oxygen atoms in total. The Balaban J connectivity index is 1.60. The molecule has 128 valence electrons. The van der Waals surface area contributed by atoms with Gasteiger partial charge in [0, 0.05) is 19.2 Å². The summed E-state index contributed by atoms with van der Waals surface area (Å²) in [4.78, 5) is 18.2. The Bertz CT molecular complexity index is 918. The fourth-order valence-corrected chi connectivity index (χ4v) is 2.75. The van der Waals surface area contributed by atoms with Gasteiger partial charge < -0.3 is 18.8 Å². The van der Waals surface area contributed by atoms with Crippen molar-refractivity contribution in [2.75, 3.05) is 31.2 Å². The summed E-state index contributed by atoms with van der Waals surface area (Å²) in [6.45, 7) is 2.97.